The Kier molecular flexibility index (Phi) is 4.21. The van der Waals surface area contributed by atoms with Crippen LogP contribution in [0.5, 0.6) is 5.75 Å². The minimum absolute atomic E-state index is 0.175. The van der Waals surface area contributed by atoms with Crippen LogP contribution in [0, 0.1) is 5.82 Å². The third-order valence-corrected chi connectivity index (χ3v) is 4.63. The van der Waals surface area contributed by atoms with E-state index in [1.165, 1.54) is 12.1 Å². The van der Waals surface area contributed by atoms with Gasteiger partial charge in [-0.15, -0.1) is 0 Å². The van der Waals surface area contributed by atoms with E-state index in [0.29, 0.717) is 18.0 Å². The summed E-state index contributed by atoms with van der Waals surface area (Å²) in [6, 6.07) is 18.2. The molecule has 1 aliphatic rings. The fourth-order valence-electron chi connectivity index (χ4n) is 3.30. The second-order valence-corrected chi connectivity index (χ2v) is 6.43. The molecule has 4 rings (SSSR count). The molecule has 5 heteroatoms. The molecule has 1 amide bonds. The molecule has 0 radical (unpaired) electrons. The molecule has 0 aromatic heterocycles. The molecule has 132 valence electrons. The maximum atomic E-state index is 13.4. The van der Waals surface area contributed by atoms with Crippen LogP contribution in [0.4, 0.5) is 10.1 Å². The number of ether oxygens (including phenoxy) is 1. The van der Waals surface area contributed by atoms with Crippen molar-refractivity contribution in [2.24, 2.45) is 0 Å². The van der Waals surface area contributed by atoms with Gasteiger partial charge in [-0.3, -0.25) is 4.79 Å². The Morgan fingerprint density at radius 2 is 2.00 bits per heavy atom. The number of carbonyl (C=O) groups excluding carboxylic acids is 1. The van der Waals surface area contributed by atoms with E-state index in [-0.39, 0.29) is 11.9 Å². The summed E-state index contributed by atoms with van der Waals surface area (Å²) in [7, 11) is 0. The van der Waals surface area contributed by atoms with Gasteiger partial charge in [0.15, 0.2) is 6.10 Å². The molecule has 3 aromatic carbocycles. The van der Waals surface area contributed by atoms with E-state index in [2.05, 4.69) is 10.6 Å². The van der Waals surface area contributed by atoms with Crippen molar-refractivity contribution < 1.29 is 13.9 Å². The lowest BCUT2D eigenvalue weighted by molar-refractivity contribution is -0.128. The number of hydrogen-bond acceptors (Lipinski definition) is 3. The van der Waals surface area contributed by atoms with Crippen molar-refractivity contribution in [2.45, 2.75) is 19.1 Å². The lowest BCUT2D eigenvalue weighted by Crippen LogP contribution is -2.45. The summed E-state index contributed by atoms with van der Waals surface area (Å²) in [5.74, 6) is -0.266. The van der Waals surface area contributed by atoms with Gasteiger partial charge in [-0.1, -0.05) is 42.5 Å². The summed E-state index contributed by atoms with van der Waals surface area (Å²) in [5, 5.41) is 8.36. The molecule has 0 aliphatic carbocycles. The lowest BCUT2D eigenvalue weighted by atomic mass is 9.99. The summed E-state index contributed by atoms with van der Waals surface area (Å²) < 4.78 is 19.1. The average Bonchev–Trinajstić information content (AvgIpc) is 2.66. The smallest absolute Gasteiger partial charge is 0.263 e. The van der Waals surface area contributed by atoms with Crippen LogP contribution in [-0.4, -0.2) is 18.6 Å². The molecule has 0 saturated heterocycles. The normalized spacial score (nSPS) is 16.9. The zero-order valence-corrected chi connectivity index (χ0v) is 14.3. The van der Waals surface area contributed by atoms with Crippen LogP contribution in [0.3, 0.4) is 0 Å². The van der Waals surface area contributed by atoms with E-state index in [4.69, 9.17) is 4.74 Å². The highest BCUT2D eigenvalue weighted by molar-refractivity contribution is 5.88. The van der Waals surface area contributed by atoms with Gasteiger partial charge in [0.05, 0.1) is 18.3 Å². The van der Waals surface area contributed by atoms with Gasteiger partial charge in [0.1, 0.15) is 11.6 Å². The van der Waals surface area contributed by atoms with E-state index in [1.54, 1.807) is 6.07 Å². The van der Waals surface area contributed by atoms with Gasteiger partial charge in [0.2, 0.25) is 0 Å². The van der Waals surface area contributed by atoms with Crippen LogP contribution in [0.1, 0.15) is 18.5 Å². The zero-order chi connectivity index (χ0) is 18.1. The van der Waals surface area contributed by atoms with Crippen molar-refractivity contribution >= 4 is 22.4 Å². The number of nitrogens with one attached hydrogen (secondary N) is 2. The van der Waals surface area contributed by atoms with E-state index >= 15 is 0 Å². The highest BCUT2D eigenvalue weighted by Gasteiger charge is 2.27. The molecule has 2 atom stereocenters. The van der Waals surface area contributed by atoms with Crippen LogP contribution in [0.2, 0.25) is 0 Å². The lowest BCUT2D eigenvalue weighted by Gasteiger charge is -2.28. The summed E-state index contributed by atoms with van der Waals surface area (Å²) in [4.78, 5) is 12.6. The van der Waals surface area contributed by atoms with Crippen LogP contribution in [0.25, 0.3) is 10.8 Å². The van der Waals surface area contributed by atoms with Gasteiger partial charge in [-0.2, -0.15) is 0 Å². The fraction of sp³-hybridized carbons (Fsp3) is 0.190. The van der Waals surface area contributed by atoms with Crippen LogP contribution in [0.15, 0.2) is 60.7 Å². The molecule has 0 spiro atoms. The minimum Gasteiger partial charge on any atom is -0.476 e. The largest absolute Gasteiger partial charge is 0.476 e. The summed E-state index contributed by atoms with van der Waals surface area (Å²) in [5.41, 5.74) is 1.74. The Hall–Kier alpha value is -3.08. The Balaban J connectivity index is 1.51. The molecular weight excluding hydrogens is 331 g/mol. The third kappa shape index (κ3) is 3.08. The van der Waals surface area contributed by atoms with Gasteiger partial charge in [0.25, 0.3) is 5.91 Å². The predicted molar refractivity (Wildman–Crippen MR) is 99.8 cm³/mol. The highest BCUT2D eigenvalue weighted by atomic mass is 19.1. The second-order valence-electron chi connectivity index (χ2n) is 6.43. The van der Waals surface area contributed by atoms with Crippen LogP contribution < -0.4 is 15.4 Å². The maximum Gasteiger partial charge on any atom is 0.263 e. The van der Waals surface area contributed by atoms with Crippen molar-refractivity contribution in [3.63, 3.8) is 0 Å². The SMILES string of the molecule is C[C@@H](NC(=O)C1CNc2ccc(F)cc2O1)c1cccc2ccccc12. The second kappa shape index (κ2) is 6.67. The molecule has 1 aliphatic heterocycles. The van der Waals surface area contributed by atoms with Gasteiger partial charge in [-0.25, -0.2) is 4.39 Å². The van der Waals surface area contributed by atoms with Crippen molar-refractivity contribution in [3.05, 3.63) is 72.0 Å². The first-order chi connectivity index (χ1) is 12.6. The van der Waals surface area contributed by atoms with E-state index in [0.717, 1.165) is 16.3 Å². The first-order valence-electron chi connectivity index (χ1n) is 8.60. The molecule has 1 unspecified atom stereocenters. The Bertz CT molecular complexity index is 968. The molecule has 2 N–H and O–H groups in total. The van der Waals surface area contributed by atoms with Crippen molar-refractivity contribution in [1.29, 1.82) is 0 Å². The number of benzene rings is 3. The monoisotopic (exact) mass is 350 g/mol. The Morgan fingerprint density at radius 3 is 2.88 bits per heavy atom. The zero-order valence-electron chi connectivity index (χ0n) is 14.3. The van der Waals surface area contributed by atoms with Gasteiger partial charge < -0.3 is 15.4 Å². The van der Waals surface area contributed by atoms with Crippen molar-refractivity contribution in [2.75, 3.05) is 11.9 Å². The number of fused-ring (bicyclic) bond motifs is 2. The quantitative estimate of drug-likeness (QED) is 0.750. The fourth-order valence-corrected chi connectivity index (χ4v) is 3.30. The minimum atomic E-state index is -0.707. The molecule has 1 heterocycles. The molecule has 0 saturated carbocycles. The molecule has 3 aromatic rings. The van der Waals surface area contributed by atoms with Gasteiger partial charge in [0, 0.05) is 6.07 Å². The molecule has 0 bridgehead atoms. The van der Waals surface area contributed by atoms with Gasteiger partial charge >= 0.3 is 0 Å². The van der Waals surface area contributed by atoms with E-state index in [9.17, 15) is 9.18 Å². The number of anilines is 1. The Labute approximate surface area is 151 Å². The number of rotatable bonds is 3. The van der Waals surface area contributed by atoms with Crippen LogP contribution in [-0.2, 0) is 4.79 Å². The summed E-state index contributed by atoms with van der Waals surface area (Å²) in [6.07, 6.45) is -0.707. The van der Waals surface area contributed by atoms with E-state index < -0.39 is 11.9 Å². The standard InChI is InChI=1S/C21H19FN2O2/c1-13(16-8-4-6-14-5-2-3-7-17(14)16)24-21(25)20-12-23-18-10-9-15(22)11-19(18)26-20/h2-11,13,20,23H,12H2,1H3,(H,24,25)/t13-,20?/m1/s1. The number of carbonyl (C=O) groups is 1. The average molecular weight is 350 g/mol. The number of amides is 1. The molecule has 26 heavy (non-hydrogen) atoms. The van der Waals surface area contributed by atoms with Crippen LogP contribution >= 0.6 is 0 Å². The number of hydrogen-bond donors (Lipinski definition) is 2. The topological polar surface area (TPSA) is 50.4 Å². The third-order valence-electron chi connectivity index (χ3n) is 4.63. The van der Waals surface area contributed by atoms with Crippen molar-refractivity contribution in [3.8, 4) is 5.75 Å². The molecule has 4 nitrogen and oxygen atoms in total. The van der Waals surface area contributed by atoms with E-state index in [1.807, 2.05) is 49.4 Å². The highest BCUT2D eigenvalue weighted by Crippen LogP contribution is 2.30. The summed E-state index contributed by atoms with van der Waals surface area (Å²) >= 11 is 0. The predicted octanol–water partition coefficient (Wildman–Crippen LogP) is 4.03. The molecule has 0 fully saturated rings. The number of halogens is 1. The molecular formula is C21H19FN2O2. The van der Waals surface area contributed by atoms with Gasteiger partial charge in [-0.05, 0) is 35.4 Å². The first kappa shape index (κ1) is 16.4. The van der Waals surface area contributed by atoms with Crippen molar-refractivity contribution in [1.82, 2.24) is 5.32 Å². The maximum absolute atomic E-state index is 13.4. The Morgan fingerprint density at radius 1 is 1.19 bits per heavy atom. The summed E-state index contributed by atoms with van der Waals surface area (Å²) in [6.45, 7) is 2.29. The first-order valence-corrected chi connectivity index (χ1v) is 8.60.